The van der Waals surface area contributed by atoms with Gasteiger partial charge in [-0.1, -0.05) is 37.6 Å². The first-order valence-corrected chi connectivity index (χ1v) is 6.52. The van der Waals surface area contributed by atoms with Crippen molar-refractivity contribution in [2.24, 2.45) is 5.92 Å². The largest absolute Gasteiger partial charge is 0.314 e. The molecule has 2 heteroatoms. The predicted molar refractivity (Wildman–Crippen MR) is 70.1 cm³/mol. The van der Waals surface area contributed by atoms with Crippen LogP contribution in [0.2, 0.25) is 5.02 Å². The molecule has 1 N–H and O–H groups in total. The Hall–Kier alpha value is -0.530. The van der Waals surface area contributed by atoms with Gasteiger partial charge in [-0.05, 0) is 48.9 Å². The van der Waals surface area contributed by atoms with Gasteiger partial charge in [0.1, 0.15) is 0 Å². The van der Waals surface area contributed by atoms with Gasteiger partial charge in [-0.15, -0.1) is 0 Å². The maximum absolute atomic E-state index is 5.99. The van der Waals surface area contributed by atoms with Gasteiger partial charge in [0.2, 0.25) is 0 Å². The SMILES string of the molecule is CC(C)CNC1CC(c2cccc(Cl)c2)C1. The second-order valence-electron chi connectivity index (χ2n) is 5.22. The van der Waals surface area contributed by atoms with E-state index in [1.54, 1.807) is 0 Å². The minimum Gasteiger partial charge on any atom is -0.314 e. The van der Waals surface area contributed by atoms with E-state index in [-0.39, 0.29) is 0 Å². The first-order valence-electron chi connectivity index (χ1n) is 6.14. The average Bonchev–Trinajstić information content (AvgIpc) is 2.14. The van der Waals surface area contributed by atoms with Crippen molar-refractivity contribution in [3.63, 3.8) is 0 Å². The van der Waals surface area contributed by atoms with E-state index in [2.05, 4.69) is 31.3 Å². The highest BCUT2D eigenvalue weighted by molar-refractivity contribution is 6.30. The van der Waals surface area contributed by atoms with Gasteiger partial charge in [-0.25, -0.2) is 0 Å². The summed E-state index contributed by atoms with van der Waals surface area (Å²) in [4.78, 5) is 0. The van der Waals surface area contributed by atoms with Gasteiger partial charge in [0.25, 0.3) is 0 Å². The molecule has 0 spiro atoms. The zero-order valence-electron chi connectivity index (χ0n) is 10.0. The fourth-order valence-corrected chi connectivity index (χ4v) is 2.42. The molecule has 2 rings (SSSR count). The van der Waals surface area contributed by atoms with Crippen LogP contribution in [0.15, 0.2) is 24.3 Å². The Morgan fingerprint density at radius 2 is 2.12 bits per heavy atom. The monoisotopic (exact) mass is 237 g/mol. The van der Waals surface area contributed by atoms with E-state index in [1.807, 2.05) is 12.1 Å². The summed E-state index contributed by atoms with van der Waals surface area (Å²) < 4.78 is 0. The molecule has 1 saturated carbocycles. The van der Waals surface area contributed by atoms with Crippen LogP contribution in [0, 0.1) is 5.92 Å². The molecule has 1 aromatic carbocycles. The molecule has 1 aliphatic carbocycles. The zero-order chi connectivity index (χ0) is 11.5. The lowest BCUT2D eigenvalue weighted by Gasteiger charge is -2.37. The van der Waals surface area contributed by atoms with E-state index >= 15 is 0 Å². The van der Waals surface area contributed by atoms with Crippen LogP contribution in [-0.4, -0.2) is 12.6 Å². The Morgan fingerprint density at radius 1 is 1.38 bits per heavy atom. The molecule has 1 aromatic rings. The molecule has 0 unspecified atom stereocenters. The van der Waals surface area contributed by atoms with Crippen molar-refractivity contribution in [1.29, 1.82) is 0 Å². The first kappa shape index (κ1) is 11.9. The molecule has 0 radical (unpaired) electrons. The lowest BCUT2D eigenvalue weighted by molar-refractivity contribution is 0.282. The molecule has 0 saturated heterocycles. The lowest BCUT2D eigenvalue weighted by Crippen LogP contribution is -2.41. The summed E-state index contributed by atoms with van der Waals surface area (Å²) in [5.41, 5.74) is 1.40. The van der Waals surface area contributed by atoms with Crippen molar-refractivity contribution < 1.29 is 0 Å². The third kappa shape index (κ3) is 2.99. The molecule has 1 fully saturated rings. The Morgan fingerprint density at radius 3 is 2.75 bits per heavy atom. The normalized spacial score (nSPS) is 24.5. The van der Waals surface area contributed by atoms with Crippen LogP contribution in [-0.2, 0) is 0 Å². The van der Waals surface area contributed by atoms with Gasteiger partial charge >= 0.3 is 0 Å². The minimum absolute atomic E-state index is 0.711. The highest BCUT2D eigenvalue weighted by atomic mass is 35.5. The van der Waals surface area contributed by atoms with Gasteiger partial charge < -0.3 is 5.32 Å². The molecule has 1 aliphatic rings. The molecule has 0 bridgehead atoms. The third-order valence-electron chi connectivity index (χ3n) is 3.27. The summed E-state index contributed by atoms with van der Waals surface area (Å²) in [6, 6.07) is 9.00. The van der Waals surface area contributed by atoms with Crippen molar-refractivity contribution in [1.82, 2.24) is 5.32 Å². The number of benzene rings is 1. The van der Waals surface area contributed by atoms with E-state index in [4.69, 9.17) is 11.6 Å². The number of hydrogen-bond donors (Lipinski definition) is 1. The van der Waals surface area contributed by atoms with Crippen LogP contribution >= 0.6 is 11.6 Å². The summed E-state index contributed by atoms with van der Waals surface area (Å²) in [6.45, 7) is 5.63. The molecule has 16 heavy (non-hydrogen) atoms. The molecule has 0 atom stereocenters. The van der Waals surface area contributed by atoms with Crippen molar-refractivity contribution in [2.45, 2.75) is 38.6 Å². The summed E-state index contributed by atoms with van der Waals surface area (Å²) >= 11 is 5.99. The van der Waals surface area contributed by atoms with Gasteiger partial charge in [0, 0.05) is 11.1 Å². The number of halogens is 1. The summed E-state index contributed by atoms with van der Waals surface area (Å²) in [5, 5.41) is 4.46. The molecule has 0 amide bonds. The fraction of sp³-hybridized carbons (Fsp3) is 0.571. The van der Waals surface area contributed by atoms with Gasteiger partial charge in [0.15, 0.2) is 0 Å². The van der Waals surface area contributed by atoms with Gasteiger partial charge in [-0.2, -0.15) is 0 Å². The summed E-state index contributed by atoms with van der Waals surface area (Å²) in [5.74, 6) is 1.45. The topological polar surface area (TPSA) is 12.0 Å². The molecule has 0 aromatic heterocycles. The Balaban J connectivity index is 1.80. The Labute approximate surface area is 103 Å². The van der Waals surface area contributed by atoms with E-state index in [1.165, 1.54) is 18.4 Å². The van der Waals surface area contributed by atoms with Crippen LogP contribution in [0.1, 0.15) is 38.2 Å². The standard InChI is InChI=1S/C14H20ClN/c1-10(2)9-16-14-7-12(8-14)11-4-3-5-13(15)6-11/h3-6,10,12,14,16H,7-9H2,1-2H3. The molecule has 0 heterocycles. The van der Waals surface area contributed by atoms with Crippen molar-refractivity contribution in [3.05, 3.63) is 34.9 Å². The maximum atomic E-state index is 5.99. The molecule has 88 valence electrons. The average molecular weight is 238 g/mol. The quantitative estimate of drug-likeness (QED) is 0.839. The van der Waals surface area contributed by atoms with Crippen LogP contribution in [0.3, 0.4) is 0 Å². The van der Waals surface area contributed by atoms with E-state index in [0.717, 1.165) is 17.5 Å². The molecule has 1 nitrogen and oxygen atoms in total. The highest BCUT2D eigenvalue weighted by Crippen LogP contribution is 2.37. The third-order valence-corrected chi connectivity index (χ3v) is 3.51. The van der Waals surface area contributed by atoms with Crippen molar-refractivity contribution in [2.75, 3.05) is 6.54 Å². The van der Waals surface area contributed by atoms with E-state index in [0.29, 0.717) is 12.0 Å². The predicted octanol–water partition coefficient (Wildman–Crippen LogP) is 3.83. The molecular weight excluding hydrogens is 218 g/mol. The second kappa shape index (κ2) is 5.20. The summed E-state index contributed by atoms with van der Waals surface area (Å²) in [6.07, 6.45) is 2.51. The number of rotatable bonds is 4. The first-order chi connectivity index (χ1) is 7.65. The number of nitrogens with one attached hydrogen (secondary N) is 1. The molecular formula is C14H20ClN. The number of hydrogen-bond acceptors (Lipinski definition) is 1. The second-order valence-corrected chi connectivity index (χ2v) is 5.66. The van der Waals surface area contributed by atoms with Crippen LogP contribution in [0.4, 0.5) is 0 Å². The minimum atomic E-state index is 0.711. The summed E-state index contributed by atoms with van der Waals surface area (Å²) in [7, 11) is 0. The van der Waals surface area contributed by atoms with Crippen LogP contribution in [0.25, 0.3) is 0 Å². The van der Waals surface area contributed by atoms with Gasteiger partial charge in [-0.3, -0.25) is 0 Å². The highest BCUT2D eigenvalue weighted by Gasteiger charge is 2.29. The van der Waals surface area contributed by atoms with Crippen LogP contribution in [0.5, 0.6) is 0 Å². The van der Waals surface area contributed by atoms with E-state index in [9.17, 15) is 0 Å². The lowest BCUT2D eigenvalue weighted by atomic mass is 9.76. The van der Waals surface area contributed by atoms with Crippen LogP contribution < -0.4 is 5.32 Å². The zero-order valence-corrected chi connectivity index (χ0v) is 10.8. The fourth-order valence-electron chi connectivity index (χ4n) is 2.22. The van der Waals surface area contributed by atoms with Crippen molar-refractivity contribution >= 4 is 11.6 Å². The van der Waals surface area contributed by atoms with E-state index < -0.39 is 0 Å². The molecule has 0 aliphatic heterocycles. The Bertz CT molecular complexity index is 342. The van der Waals surface area contributed by atoms with Gasteiger partial charge in [0.05, 0.1) is 0 Å². The smallest absolute Gasteiger partial charge is 0.0408 e. The maximum Gasteiger partial charge on any atom is 0.0408 e. The van der Waals surface area contributed by atoms with Crippen molar-refractivity contribution in [3.8, 4) is 0 Å². The Kier molecular flexibility index (Phi) is 3.88.